The van der Waals surface area contributed by atoms with E-state index in [-0.39, 0.29) is 18.7 Å². The van der Waals surface area contributed by atoms with E-state index in [1.807, 2.05) is 0 Å². The maximum Gasteiger partial charge on any atom is 0.319 e. The lowest BCUT2D eigenvalue weighted by Gasteiger charge is -2.32. The number of amides is 1. The first kappa shape index (κ1) is 17.1. The van der Waals surface area contributed by atoms with Gasteiger partial charge in [-0.05, 0) is 25.0 Å². The Morgan fingerprint density at radius 2 is 2.04 bits per heavy atom. The van der Waals surface area contributed by atoms with E-state index in [9.17, 15) is 13.6 Å². The number of carbonyl (C=O) groups excluding carboxylic acids is 1. The molecule has 0 aliphatic carbocycles. The number of likely N-dealkylation sites (tertiary alicyclic amines) is 1. The van der Waals surface area contributed by atoms with Gasteiger partial charge in [0.15, 0.2) is 0 Å². The van der Waals surface area contributed by atoms with Crippen molar-refractivity contribution in [2.75, 3.05) is 20.2 Å². The van der Waals surface area contributed by atoms with Gasteiger partial charge in [-0.15, -0.1) is 0 Å². The molecule has 3 rings (SSSR count). The van der Waals surface area contributed by atoms with Gasteiger partial charge in [0.05, 0.1) is 13.7 Å². The zero-order valence-electron chi connectivity index (χ0n) is 13.6. The SMILES string of the molecule is COc1nccc(OC2CCCN(C(=O)c3c(F)cccc3F)C2)n1. The zero-order chi connectivity index (χ0) is 17.8. The molecule has 1 aliphatic heterocycles. The molecule has 0 bridgehead atoms. The van der Waals surface area contributed by atoms with Crippen LogP contribution < -0.4 is 9.47 Å². The lowest BCUT2D eigenvalue weighted by Crippen LogP contribution is -2.45. The number of rotatable bonds is 4. The van der Waals surface area contributed by atoms with E-state index in [0.29, 0.717) is 25.3 Å². The summed E-state index contributed by atoms with van der Waals surface area (Å²) in [5.41, 5.74) is -0.535. The maximum atomic E-state index is 13.8. The number of halogens is 2. The molecule has 1 unspecified atom stereocenters. The molecule has 8 heteroatoms. The smallest absolute Gasteiger partial charge is 0.319 e. The molecular formula is C17H17F2N3O3. The molecule has 1 saturated heterocycles. The Kier molecular flexibility index (Phi) is 5.06. The monoisotopic (exact) mass is 349 g/mol. The van der Waals surface area contributed by atoms with Gasteiger partial charge in [-0.3, -0.25) is 4.79 Å². The Hall–Kier alpha value is -2.77. The number of piperidine rings is 1. The standard InChI is InChI=1S/C17H17F2N3O3/c1-24-17-20-8-7-14(21-17)25-11-4-3-9-22(10-11)16(23)15-12(18)5-2-6-13(15)19/h2,5-8,11H,3-4,9-10H2,1H3. The van der Waals surface area contributed by atoms with Crippen molar-refractivity contribution in [3.8, 4) is 11.9 Å². The Morgan fingerprint density at radius 3 is 2.76 bits per heavy atom. The van der Waals surface area contributed by atoms with Crippen LogP contribution in [-0.4, -0.2) is 47.1 Å². The number of nitrogens with zero attached hydrogens (tertiary/aromatic N) is 3. The molecule has 1 amide bonds. The third-order valence-electron chi connectivity index (χ3n) is 3.92. The summed E-state index contributed by atoms with van der Waals surface area (Å²) >= 11 is 0. The highest BCUT2D eigenvalue weighted by atomic mass is 19.1. The van der Waals surface area contributed by atoms with Gasteiger partial charge in [0.1, 0.15) is 23.3 Å². The van der Waals surface area contributed by atoms with Crippen molar-refractivity contribution >= 4 is 5.91 Å². The van der Waals surface area contributed by atoms with Crippen LogP contribution in [0.5, 0.6) is 11.9 Å². The summed E-state index contributed by atoms with van der Waals surface area (Å²) in [4.78, 5) is 21.8. The highest BCUT2D eigenvalue weighted by Crippen LogP contribution is 2.21. The number of ether oxygens (including phenoxy) is 2. The fourth-order valence-corrected chi connectivity index (χ4v) is 2.74. The quantitative estimate of drug-likeness (QED) is 0.848. The summed E-state index contributed by atoms with van der Waals surface area (Å²) in [5.74, 6) is -2.09. The first-order valence-corrected chi connectivity index (χ1v) is 7.85. The summed E-state index contributed by atoms with van der Waals surface area (Å²) in [6.45, 7) is 0.637. The molecule has 132 valence electrons. The molecule has 1 aliphatic rings. The van der Waals surface area contributed by atoms with Crippen molar-refractivity contribution in [3.63, 3.8) is 0 Å². The summed E-state index contributed by atoms with van der Waals surface area (Å²) in [6.07, 6.45) is 2.54. The van der Waals surface area contributed by atoms with Crippen LogP contribution in [0.4, 0.5) is 8.78 Å². The van der Waals surface area contributed by atoms with Gasteiger partial charge in [0.25, 0.3) is 5.91 Å². The van der Waals surface area contributed by atoms with Crippen molar-refractivity contribution in [1.82, 2.24) is 14.9 Å². The topological polar surface area (TPSA) is 64.6 Å². The molecule has 1 atom stereocenters. The fourth-order valence-electron chi connectivity index (χ4n) is 2.74. The van der Waals surface area contributed by atoms with Crippen LogP contribution in [0.3, 0.4) is 0 Å². The minimum absolute atomic E-state index is 0.176. The van der Waals surface area contributed by atoms with Crippen molar-refractivity contribution in [1.29, 1.82) is 0 Å². The van der Waals surface area contributed by atoms with Crippen molar-refractivity contribution in [3.05, 3.63) is 47.7 Å². The third-order valence-corrected chi connectivity index (χ3v) is 3.92. The van der Waals surface area contributed by atoms with E-state index in [1.165, 1.54) is 24.3 Å². The average molecular weight is 349 g/mol. The van der Waals surface area contributed by atoms with Crippen LogP contribution in [0, 0.1) is 11.6 Å². The van der Waals surface area contributed by atoms with Gasteiger partial charge in [-0.25, -0.2) is 13.8 Å². The second-order valence-corrected chi connectivity index (χ2v) is 5.61. The van der Waals surface area contributed by atoms with Crippen molar-refractivity contribution < 1.29 is 23.0 Å². The summed E-state index contributed by atoms with van der Waals surface area (Å²) in [7, 11) is 1.45. The molecule has 1 fully saturated rings. The highest BCUT2D eigenvalue weighted by Gasteiger charge is 2.29. The molecular weight excluding hydrogens is 332 g/mol. The number of hydrogen-bond acceptors (Lipinski definition) is 5. The molecule has 0 N–H and O–H groups in total. The number of hydrogen-bond donors (Lipinski definition) is 0. The number of carbonyl (C=O) groups is 1. The van der Waals surface area contributed by atoms with Gasteiger partial charge < -0.3 is 14.4 Å². The number of methoxy groups -OCH3 is 1. The van der Waals surface area contributed by atoms with Crippen LogP contribution in [0.25, 0.3) is 0 Å². The molecule has 0 radical (unpaired) electrons. The van der Waals surface area contributed by atoms with Gasteiger partial charge in [0.2, 0.25) is 5.88 Å². The molecule has 2 heterocycles. The molecule has 0 saturated carbocycles. The van der Waals surface area contributed by atoms with Crippen molar-refractivity contribution in [2.24, 2.45) is 0 Å². The zero-order valence-corrected chi connectivity index (χ0v) is 13.6. The summed E-state index contributed by atoms with van der Waals surface area (Å²) in [5, 5.41) is 0. The lowest BCUT2D eigenvalue weighted by molar-refractivity contribution is 0.0517. The Balaban J connectivity index is 1.71. The van der Waals surface area contributed by atoms with Gasteiger partial charge in [-0.2, -0.15) is 4.98 Å². The highest BCUT2D eigenvalue weighted by molar-refractivity contribution is 5.94. The summed E-state index contributed by atoms with van der Waals surface area (Å²) < 4.78 is 38.4. The largest absolute Gasteiger partial charge is 0.472 e. The lowest BCUT2D eigenvalue weighted by atomic mass is 10.1. The second-order valence-electron chi connectivity index (χ2n) is 5.61. The molecule has 1 aromatic heterocycles. The average Bonchev–Trinajstić information content (AvgIpc) is 2.62. The van der Waals surface area contributed by atoms with Crippen molar-refractivity contribution in [2.45, 2.75) is 18.9 Å². The molecule has 6 nitrogen and oxygen atoms in total. The van der Waals surface area contributed by atoms with Gasteiger partial charge in [-0.1, -0.05) is 6.07 Å². The second kappa shape index (κ2) is 7.42. The van der Waals surface area contributed by atoms with Crippen LogP contribution in [0.15, 0.2) is 30.5 Å². The van der Waals surface area contributed by atoms with E-state index in [2.05, 4.69) is 9.97 Å². The first-order chi connectivity index (χ1) is 12.1. The number of aromatic nitrogens is 2. The number of benzene rings is 1. The predicted octanol–water partition coefficient (Wildman–Crippen LogP) is 2.45. The summed E-state index contributed by atoms with van der Waals surface area (Å²) in [6, 6.07) is 5.13. The van der Waals surface area contributed by atoms with Crippen LogP contribution in [-0.2, 0) is 0 Å². The molecule has 0 spiro atoms. The first-order valence-electron chi connectivity index (χ1n) is 7.85. The van der Waals surface area contributed by atoms with Gasteiger partial charge in [0, 0.05) is 18.8 Å². The molecule has 25 heavy (non-hydrogen) atoms. The van der Waals surface area contributed by atoms with E-state index < -0.39 is 23.1 Å². The van der Waals surface area contributed by atoms with Gasteiger partial charge >= 0.3 is 6.01 Å². The van der Waals surface area contributed by atoms with E-state index >= 15 is 0 Å². The molecule has 2 aromatic rings. The Bertz CT molecular complexity index is 752. The van der Waals surface area contributed by atoms with E-state index in [1.54, 1.807) is 6.07 Å². The molecule has 1 aromatic carbocycles. The minimum atomic E-state index is -0.867. The normalized spacial score (nSPS) is 17.2. The van der Waals surface area contributed by atoms with Crippen LogP contribution in [0.2, 0.25) is 0 Å². The Morgan fingerprint density at radius 1 is 1.28 bits per heavy atom. The minimum Gasteiger partial charge on any atom is -0.472 e. The van der Waals surface area contributed by atoms with E-state index in [4.69, 9.17) is 9.47 Å². The Labute approximate surface area is 143 Å². The fraction of sp³-hybridized carbons (Fsp3) is 0.353. The predicted molar refractivity (Wildman–Crippen MR) is 84.5 cm³/mol. The van der Waals surface area contributed by atoms with E-state index in [0.717, 1.165) is 12.1 Å². The maximum absolute atomic E-state index is 13.8. The third kappa shape index (κ3) is 3.84. The van der Waals surface area contributed by atoms with Crippen LogP contribution >= 0.6 is 0 Å². The van der Waals surface area contributed by atoms with Crippen LogP contribution in [0.1, 0.15) is 23.2 Å².